The minimum absolute atomic E-state index is 0.0746. The molecule has 0 aliphatic carbocycles. The Balaban J connectivity index is 3.18. The molecule has 0 heterocycles. The van der Waals surface area contributed by atoms with Crippen molar-refractivity contribution >= 4 is 9.84 Å². The fraction of sp³-hybridized carbons (Fsp3) is 0.455. The number of hydrogen-bond donors (Lipinski definition) is 2. The van der Waals surface area contributed by atoms with Crippen LogP contribution >= 0.6 is 0 Å². The zero-order chi connectivity index (χ0) is 12.3. The second kappa shape index (κ2) is 4.95. The van der Waals surface area contributed by atoms with Gasteiger partial charge in [-0.2, -0.15) is 0 Å². The van der Waals surface area contributed by atoms with Crippen molar-refractivity contribution in [2.24, 2.45) is 5.73 Å². The Morgan fingerprint density at radius 3 is 2.50 bits per heavy atom. The summed E-state index contributed by atoms with van der Waals surface area (Å²) in [6, 6.07) is 6.29. The molecule has 0 spiro atoms. The molecule has 16 heavy (non-hydrogen) atoms. The summed E-state index contributed by atoms with van der Waals surface area (Å²) >= 11 is 0. The number of aliphatic hydroxyl groups is 1. The molecule has 1 rings (SSSR count). The molecule has 0 aliphatic heterocycles. The molecule has 0 saturated carbocycles. The summed E-state index contributed by atoms with van der Waals surface area (Å²) in [5.41, 5.74) is 5.86. The zero-order valence-electron chi connectivity index (χ0n) is 9.42. The molecule has 0 fully saturated rings. The van der Waals surface area contributed by atoms with Crippen LogP contribution in [0.3, 0.4) is 0 Å². The van der Waals surface area contributed by atoms with Crippen molar-refractivity contribution in [2.45, 2.75) is 30.1 Å². The molecule has 0 radical (unpaired) electrons. The number of hydrogen-bond acceptors (Lipinski definition) is 4. The van der Waals surface area contributed by atoms with Crippen molar-refractivity contribution in [3.8, 4) is 0 Å². The summed E-state index contributed by atoms with van der Waals surface area (Å²) in [7, 11) is -3.29. The van der Waals surface area contributed by atoms with Crippen molar-refractivity contribution in [1.82, 2.24) is 0 Å². The molecule has 1 aromatic carbocycles. The van der Waals surface area contributed by atoms with Gasteiger partial charge in [-0.25, -0.2) is 8.42 Å². The fourth-order valence-electron chi connectivity index (χ4n) is 1.31. The maximum Gasteiger partial charge on any atom is 0.180 e. The molecule has 5 heteroatoms. The number of rotatable bonds is 4. The lowest BCUT2D eigenvalue weighted by Crippen LogP contribution is -2.16. The highest BCUT2D eigenvalue weighted by Crippen LogP contribution is 2.20. The number of aliphatic hydroxyl groups excluding tert-OH is 1. The third-order valence-electron chi connectivity index (χ3n) is 2.42. The van der Waals surface area contributed by atoms with Crippen molar-refractivity contribution in [3.05, 3.63) is 29.8 Å². The first-order chi connectivity index (χ1) is 7.39. The van der Waals surface area contributed by atoms with Crippen LogP contribution in [-0.4, -0.2) is 25.3 Å². The van der Waals surface area contributed by atoms with E-state index in [1.807, 2.05) is 0 Å². The first-order valence-electron chi connectivity index (χ1n) is 5.11. The van der Waals surface area contributed by atoms with Gasteiger partial charge in [0, 0.05) is 6.54 Å². The lowest BCUT2D eigenvalue weighted by Gasteiger charge is -2.12. The normalized spacial score (nSPS) is 14.1. The first kappa shape index (κ1) is 13.2. The predicted molar refractivity (Wildman–Crippen MR) is 62.8 cm³/mol. The minimum atomic E-state index is -3.29. The summed E-state index contributed by atoms with van der Waals surface area (Å²) in [6.45, 7) is 3.33. The SMILES string of the molecule is CC(C)S(=O)(=O)c1cccc(C(O)CN)c1. The Bertz CT molecular complexity index is 454. The highest BCUT2D eigenvalue weighted by atomic mass is 32.2. The van der Waals surface area contributed by atoms with Crippen LogP contribution in [0.15, 0.2) is 29.2 Å². The molecule has 0 amide bonds. The van der Waals surface area contributed by atoms with Gasteiger partial charge in [0.1, 0.15) is 0 Å². The minimum Gasteiger partial charge on any atom is -0.387 e. The van der Waals surface area contributed by atoms with Crippen LogP contribution in [0, 0.1) is 0 Å². The summed E-state index contributed by atoms with van der Waals surface area (Å²) in [5, 5.41) is 9.06. The van der Waals surface area contributed by atoms with E-state index in [2.05, 4.69) is 0 Å². The Kier molecular flexibility index (Phi) is 4.07. The standard InChI is InChI=1S/C11H17NO3S/c1-8(2)16(14,15)10-5-3-4-9(6-10)11(13)7-12/h3-6,8,11,13H,7,12H2,1-2H3. The van der Waals surface area contributed by atoms with Crippen molar-refractivity contribution < 1.29 is 13.5 Å². The molecule has 1 unspecified atom stereocenters. The Morgan fingerprint density at radius 1 is 1.38 bits per heavy atom. The topological polar surface area (TPSA) is 80.4 Å². The van der Waals surface area contributed by atoms with Crippen LogP contribution in [0.4, 0.5) is 0 Å². The summed E-state index contributed by atoms with van der Waals surface area (Å²) in [5.74, 6) is 0. The van der Waals surface area contributed by atoms with Crippen molar-refractivity contribution in [1.29, 1.82) is 0 Å². The third-order valence-corrected chi connectivity index (χ3v) is 4.57. The Labute approximate surface area is 96.0 Å². The van der Waals surface area contributed by atoms with Gasteiger partial charge >= 0.3 is 0 Å². The van der Waals surface area contributed by atoms with Crippen LogP contribution in [-0.2, 0) is 9.84 Å². The van der Waals surface area contributed by atoms with Crippen LogP contribution < -0.4 is 5.73 Å². The molecule has 4 nitrogen and oxygen atoms in total. The van der Waals surface area contributed by atoms with E-state index >= 15 is 0 Å². The van der Waals surface area contributed by atoms with E-state index in [1.165, 1.54) is 12.1 Å². The second-order valence-electron chi connectivity index (χ2n) is 3.92. The van der Waals surface area contributed by atoms with Gasteiger partial charge in [0.25, 0.3) is 0 Å². The molecule has 90 valence electrons. The molecule has 1 atom stereocenters. The smallest absolute Gasteiger partial charge is 0.180 e. The molecule has 0 saturated heterocycles. The molecule has 3 N–H and O–H groups in total. The van der Waals surface area contributed by atoms with Gasteiger partial charge in [-0.1, -0.05) is 12.1 Å². The van der Waals surface area contributed by atoms with E-state index in [-0.39, 0.29) is 11.4 Å². The summed E-state index contributed by atoms with van der Waals surface area (Å²) < 4.78 is 23.8. The Hall–Kier alpha value is -0.910. The monoisotopic (exact) mass is 243 g/mol. The van der Waals surface area contributed by atoms with E-state index in [0.29, 0.717) is 5.56 Å². The highest BCUT2D eigenvalue weighted by Gasteiger charge is 2.20. The van der Waals surface area contributed by atoms with Gasteiger partial charge in [-0.3, -0.25) is 0 Å². The predicted octanol–water partition coefficient (Wildman–Crippen LogP) is 0.861. The third kappa shape index (κ3) is 2.61. The molecule has 0 aliphatic rings. The van der Waals surface area contributed by atoms with E-state index in [0.717, 1.165) is 0 Å². The lowest BCUT2D eigenvalue weighted by atomic mass is 10.1. The largest absolute Gasteiger partial charge is 0.387 e. The van der Waals surface area contributed by atoms with Crippen LogP contribution in [0.1, 0.15) is 25.5 Å². The average molecular weight is 243 g/mol. The first-order valence-corrected chi connectivity index (χ1v) is 6.66. The van der Waals surface area contributed by atoms with E-state index in [1.54, 1.807) is 26.0 Å². The van der Waals surface area contributed by atoms with Gasteiger partial charge in [-0.05, 0) is 31.5 Å². The molecular weight excluding hydrogens is 226 g/mol. The molecular formula is C11H17NO3S. The molecule has 0 aromatic heterocycles. The van der Waals surface area contributed by atoms with Gasteiger partial charge in [-0.15, -0.1) is 0 Å². The van der Waals surface area contributed by atoms with E-state index in [4.69, 9.17) is 5.73 Å². The van der Waals surface area contributed by atoms with Gasteiger partial charge in [0.2, 0.25) is 0 Å². The summed E-state index contributed by atoms with van der Waals surface area (Å²) in [6.07, 6.45) is -0.817. The highest BCUT2D eigenvalue weighted by molar-refractivity contribution is 7.92. The summed E-state index contributed by atoms with van der Waals surface area (Å²) in [4.78, 5) is 0.229. The van der Waals surface area contributed by atoms with Crippen molar-refractivity contribution in [3.63, 3.8) is 0 Å². The number of nitrogens with two attached hydrogens (primary N) is 1. The van der Waals surface area contributed by atoms with Crippen LogP contribution in [0.25, 0.3) is 0 Å². The lowest BCUT2D eigenvalue weighted by molar-refractivity contribution is 0.186. The van der Waals surface area contributed by atoms with Gasteiger partial charge < -0.3 is 10.8 Å². The fourth-order valence-corrected chi connectivity index (χ4v) is 2.42. The maximum absolute atomic E-state index is 11.9. The average Bonchev–Trinajstić information content (AvgIpc) is 2.28. The van der Waals surface area contributed by atoms with E-state index in [9.17, 15) is 13.5 Å². The number of sulfone groups is 1. The van der Waals surface area contributed by atoms with Crippen molar-refractivity contribution in [2.75, 3.05) is 6.54 Å². The van der Waals surface area contributed by atoms with Gasteiger partial charge in [0.15, 0.2) is 9.84 Å². The van der Waals surface area contributed by atoms with E-state index < -0.39 is 21.2 Å². The molecule has 0 bridgehead atoms. The quantitative estimate of drug-likeness (QED) is 0.822. The number of benzene rings is 1. The zero-order valence-corrected chi connectivity index (χ0v) is 10.2. The van der Waals surface area contributed by atoms with Gasteiger partial charge in [0.05, 0.1) is 16.2 Å². The maximum atomic E-state index is 11.9. The second-order valence-corrected chi connectivity index (χ2v) is 6.42. The Morgan fingerprint density at radius 2 is 2.00 bits per heavy atom. The van der Waals surface area contributed by atoms with Crippen LogP contribution in [0.5, 0.6) is 0 Å². The molecule has 1 aromatic rings. The van der Waals surface area contributed by atoms with Crippen LogP contribution in [0.2, 0.25) is 0 Å².